The Morgan fingerprint density at radius 1 is 1.05 bits per heavy atom. The van der Waals surface area contributed by atoms with E-state index in [4.69, 9.17) is 0 Å². The van der Waals surface area contributed by atoms with Gasteiger partial charge >= 0.3 is 0 Å². The topological polar surface area (TPSA) is 15.3 Å². The lowest BCUT2D eigenvalue weighted by Crippen LogP contribution is -2.63. The van der Waals surface area contributed by atoms with Crippen LogP contribution in [0.4, 0.5) is 0 Å². The van der Waals surface area contributed by atoms with Crippen molar-refractivity contribution in [1.29, 1.82) is 0 Å². The van der Waals surface area contributed by atoms with E-state index in [1.54, 1.807) is 0 Å². The second-order valence-corrected chi connectivity index (χ2v) is 7.70. The lowest BCUT2D eigenvalue weighted by atomic mass is 9.81. The number of hydrogen-bond acceptors (Lipinski definition) is 2. The van der Waals surface area contributed by atoms with Gasteiger partial charge in [0.25, 0.3) is 0 Å². The van der Waals surface area contributed by atoms with E-state index in [9.17, 15) is 0 Å². The Kier molecular flexibility index (Phi) is 6.35. The first kappa shape index (κ1) is 16.3. The van der Waals surface area contributed by atoms with Gasteiger partial charge in [0.2, 0.25) is 0 Å². The number of nitrogens with one attached hydrogen (secondary N) is 1. The SMILES string of the molecule is CCCCCCN1CC(C2CCCCC2)NCC1(C)C. The summed E-state index contributed by atoms with van der Waals surface area (Å²) >= 11 is 0. The van der Waals surface area contributed by atoms with Crippen molar-refractivity contribution in [2.75, 3.05) is 19.6 Å². The molecule has 20 heavy (non-hydrogen) atoms. The quantitative estimate of drug-likeness (QED) is 0.734. The van der Waals surface area contributed by atoms with Gasteiger partial charge < -0.3 is 5.32 Å². The van der Waals surface area contributed by atoms with Crippen molar-refractivity contribution < 1.29 is 0 Å². The third-order valence-electron chi connectivity index (χ3n) is 5.57. The Hall–Kier alpha value is -0.0800. The predicted molar refractivity (Wildman–Crippen MR) is 88.2 cm³/mol. The Labute approximate surface area is 126 Å². The molecule has 2 fully saturated rings. The van der Waals surface area contributed by atoms with Crippen LogP contribution >= 0.6 is 0 Å². The van der Waals surface area contributed by atoms with E-state index in [0.29, 0.717) is 5.54 Å². The number of piperazine rings is 1. The highest BCUT2D eigenvalue weighted by Gasteiger charge is 2.36. The minimum absolute atomic E-state index is 0.345. The van der Waals surface area contributed by atoms with Gasteiger partial charge in [0, 0.05) is 24.7 Å². The third-order valence-corrected chi connectivity index (χ3v) is 5.57. The minimum atomic E-state index is 0.345. The van der Waals surface area contributed by atoms with Crippen LogP contribution in [0.5, 0.6) is 0 Å². The van der Waals surface area contributed by atoms with E-state index < -0.39 is 0 Å². The van der Waals surface area contributed by atoms with Crippen LogP contribution in [0.15, 0.2) is 0 Å². The van der Waals surface area contributed by atoms with Gasteiger partial charge in [0.15, 0.2) is 0 Å². The molecule has 1 aliphatic heterocycles. The molecule has 2 aliphatic rings. The monoisotopic (exact) mass is 280 g/mol. The smallest absolute Gasteiger partial charge is 0.0278 e. The Bertz CT molecular complexity index is 269. The summed E-state index contributed by atoms with van der Waals surface area (Å²) in [5.41, 5.74) is 0.345. The third kappa shape index (κ3) is 4.46. The average molecular weight is 280 g/mol. The zero-order valence-corrected chi connectivity index (χ0v) is 14.1. The van der Waals surface area contributed by atoms with Crippen LogP contribution in [-0.2, 0) is 0 Å². The summed E-state index contributed by atoms with van der Waals surface area (Å²) in [5.74, 6) is 0.943. The number of hydrogen-bond donors (Lipinski definition) is 1. The maximum absolute atomic E-state index is 3.87. The van der Waals surface area contributed by atoms with Gasteiger partial charge in [-0.25, -0.2) is 0 Å². The summed E-state index contributed by atoms with van der Waals surface area (Å²) in [5, 5.41) is 3.87. The highest BCUT2D eigenvalue weighted by Crippen LogP contribution is 2.30. The van der Waals surface area contributed by atoms with Crippen molar-refractivity contribution in [1.82, 2.24) is 10.2 Å². The van der Waals surface area contributed by atoms with Gasteiger partial charge in [-0.1, -0.05) is 45.4 Å². The minimum Gasteiger partial charge on any atom is -0.311 e. The summed E-state index contributed by atoms with van der Waals surface area (Å²) in [6.45, 7) is 10.9. The maximum atomic E-state index is 3.87. The van der Waals surface area contributed by atoms with Crippen LogP contribution < -0.4 is 5.32 Å². The lowest BCUT2D eigenvalue weighted by molar-refractivity contribution is 0.0427. The molecule has 1 atom stereocenters. The summed E-state index contributed by atoms with van der Waals surface area (Å²) in [4.78, 5) is 2.78. The van der Waals surface area contributed by atoms with E-state index in [0.717, 1.165) is 12.0 Å². The molecule has 2 heteroatoms. The molecule has 1 heterocycles. The van der Waals surface area contributed by atoms with Crippen molar-refractivity contribution in [2.24, 2.45) is 5.92 Å². The van der Waals surface area contributed by atoms with Crippen molar-refractivity contribution in [3.63, 3.8) is 0 Å². The van der Waals surface area contributed by atoms with Gasteiger partial charge in [-0.15, -0.1) is 0 Å². The molecule has 1 aliphatic carbocycles. The summed E-state index contributed by atoms with van der Waals surface area (Å²) in [7, 11) is 0. The standard InChI is InChI=1S/C18H36N2/c1-4-5-6-10-13-20-14-17(19-15-18(20,2)3)16-11-8-7-9-12-16/h16-17,19H,4-15H2,1-3H3. The van der Waals surface area contributed by atoms with Crippen LogP contribution in [0.25, 0.3) is 0 Å². The van der Waals surface area contributed by atoms with Crippen LogP contribution in [0.1, 0.15) is 78.6 Å². The normalized spacial score (nSPS) is 28.6. The van der Waals surface area contributed by atoms with Gasteiger partial charge in [0.05, 0.1) is 0 Å². The van der Waals surface area contributed by atoms with Crippen LogP contribution in [0.3, 0.4) is 0 Å². The number of unbranched alkanes of at least 4 members (excludes halogenated alkanes) is 3. The fraction of sp³-hybridized carbons (Fsp3) is 1.00. The van der Waals surface area contributed by atoms with Crippen LogP contribution in [0, 0.1) is 5.92 Å². The van der Waals surface area contributed by atoms with E-state index in [-0.39, 0.29) is 0 Å². The molecule has 1 saturated heterocycles. The molecule has 1 N–H and O–H groups in total. The molecule has 0 spiro atoms. The summed E-state index contributed by atoms with van der Waals surface area (Å²) in [6, 6.07) is 0.759. The van der Waals surface area contributed by atoms with Crippen molar-refractivity contribution >= 4 is 0 Å². The fourth-order valence-electron chi connectivity index (χ4n) is 4.02. The molecule has 0 aromatic carbocycles. The van der Waals surface area contributed by atoms with Crippen LogP contribution in [0.2, 0.25) is 0 Å². The van der Waals surface area contributed by atoms with E-state index in [1.165, 1.54) is 77.4 Å². The second kappa shape index (κ2) is 7.79. The first-order chi connectivity index (χ1) is 9.63. The molecule has 0 bridgehead atoms. The molecule has 1 saturated carbocycles. The largest absolute Gasteiger partial charge is 0.311 e. The molecule has 0 aromatic heterocycles. The zero-order chi connectivity index (χ0) is 14.4. The lowest BCUT2D eigenvalue weighted by Gasteiger charge is -2.48. The molecule has 118 valence electrons. The summed E-state index contributed by atoms with van der Waals surface area (Å²) in [6.07, 6.45) is 12.8. The average Bonchev–Trinajstić information content (AvgIpc) is 2.46. The number of nitrogens with zero attached hydrogens (tertiary/aromatic N) is 1. The Morgan fingerprint density at radius 3 is 2.50 bits per heavy atom. The highest BCUT2D eigenvalue weighted by molar-refractivity contribution is 4.95. The van der Waals surface area contributed by atoms with E-state index >= 15 is 0 Å². The van der Waals surface area contributed by atoms with Gasteiger partial charge in [-0.05, 0) is 45.6 Å². The fourth-order valence-corrected chi connectivity index (χ4v) is 4.02. The first-order valence-electron chi connectivity index (χ1n) is 9.12. The van der Waals surface area contributed by atoms with Gasteiger partial charge in [-0.3, -0.25) is 4.90 Å². The second-order valence-electron chi connectivity index (χ2n) is 7.70. The van der Waals surface area contributed by atoms with Gasteiger partial charge in [0.1, 0.15) is 0 Å². The maximum Gasteiger partial charge on any atom is 0.0278 e. The number of rotatable bonds is 6. The Balaban J connectivity index is 1.83. The predicted octanol–water partition coefficient (Wildman–Crippen LogP) is 4.20. The molecule has 0 radical (unpaired) electrons. The van der Waals surface area contributed by atoms with Crippen LogP contribution in [-0.4, -0.2) is 36.1 Å². The zero-order valence-electron chi connectivity index (χ0n) is 14.1. The Morgan fingerprint density at radius 2 is 1.80 bits per heavy atom. The molecule has 0 amide bonds. The van der Waals surface area contributed by atoms with E-state index in [2.05, 4.69) is 31.0 Å². The molecule has 1 unspecified atom stereocenters. The molecular formula is C18H36N2. The molecule has 2 rings (SSSR count). The van der Waals surface area contributed by atoms with Gasteiger partial charge in [-0.2, -0.15) is 0 Å². The summed E-state index contributed by atoms with van der Waals surface area (Å²) < 4.78 is 0. The molecule has 0 aromatic rings. The van der Waals surface area contributed by atoms with E-state index in [1.807, 2.05) is 0 Å². The first-order valence-corrected chi connectivity index (χ1v) is 9.12. The molecular weight excluding hydrogens is 244 g/mol. The van der Waals surface area contributed by atoms with Crippen molar-refractivity contribution in [2.45, 2.75) is 90.1 Å². The highest BCUT2D eigenvalue weighted by atomic mass is 15.3. The van der Waals surface area contributed by atoms with Crippen molar-refractivity contribution in [3.05, 3.63) is 0 Å². The molecule has 2 nitrogen and oxygen atoms in total. The van der Waals surface area contributed by atoms with Crippen molar-refractivity contribution in [3.8, 4) is 0 Å².